The van der Waals surface area contributed by atoms with Gasteiger partial charge in [-0.3, -0.25) is 0 Å². The number of rotatable bonds is 2. The molecule has 3 heteroatoms. The first-order valence-corrected chi connectivity index (χ1v) is 6.64. The van der Waals surface area contributed by atoms with Gasteiger partial charge in [-0.1, -0.05) is 45.0 Å². The molecule has 0 aliphatic heterocycles. The fraction of sp³-hybridized carbons (Fsp3) is 0.357. The summed E-state index contributed by atoms with van der Waals surface area (Å²) in [6, 6.07) is 8.62. The van der Waals surface area contributed by atoms with Crippen molar-refractivity contribution in [2.24, 2.45) is 5.73 Å². The quantitative estimate of drug-likeness (QED) is 0.880. The van der Waals surface area contributed by atoms with E-state index in [9.17, 15) is 0 Å². The van der Waals surface area contributed by atoms with Crippen molar-refractivity contribution in [2.45, 2.75) is 32.7 Å². The van der Waals surface area contributed by atoms with Crippen LogP contribution in [0.15, 0.2) is 29.6 Å². The number of hydrogen-bond acceptors (Lipinski definition) is 3. The summed E-state index contributed by atoms with van der Waals surface area (Å²) in [5.74, 6) is 0. The monoisotopic (exact) mass is 246 g/mol. The van der Waals surface area contributed by atoms with E-state index < -0.39 is 0 Å². The number of nitrogens with two attached hydrogens (primary N) is 1. The Kier molecular flexibility index (Phi) is 3.31. The highest BCUT2D eigenvalue weighted by Crippen LogP contribution is 2.26. The molecule has 2 aromatic rings. The maximum atomic E-state index is 5.57. The lowest BCUT2D eigenvalue weighted by molar-refractivity contribution is 0.590. The van der Waals surface area contributed by atoms with Crippen LogP contribution in [0.5, 0.6) is 0 Å². The predicted molar refractivity (Wildman–Crippen MR) is 74.1 cm³/mol. The molecule has 0 saturated heterocycles. The minimum absolute atomic E-state index is 0.197. The average molecular weight is 246 g/mol. The van der Waals surface area contributed by atoms with E-state index in [1.165, 1.54) is 5.56 Å². The van der Waals surface area contributed by atoms with Gasteiger partial charge in [0, 0.05) is 17.5 Å². The molecule has 1 heterocycles. The Balaban J connectivity index is 2.29. The molecule has 90 valence electrons. The van der Waals surface area contributed by atoms with E-state index >= 15 is 0 Å². The van der Waals surface area contributed by atoms with Crippen LogP contribution in [0.3, 0.4) is 0 Å². The summed E-state index contributed by atoms with van der Waals surface area (Å²) in [6.45, 7) is 7.18. The van der Waals surface area contributed by atoms with Crippen molar-refractivity contribution in [3.63, 3.8) is 0 Å². The molecule has 0 spiro atoms. The highest BCUT2D eigenvalue weighted by Gasteiger charge is 2.13. The van der Waals surface area contributed by atoms with E-state index in [1.807, 2.05) is 0 Å². The van der Waals surface area contributed by atoms with Gasteiger partial charge < -0.3 is 5.73 Å². The molecule has 0 unspecified atom stereocenters. The van der Waals surface area contributed by atoms with Gasteiger partial charge in [0.2, 0.25) is 0 Å². The molecule has 0 aliphatic carbocycles. The maximum absolute atomic E-state index is 5.57. The predicted octanol–water partition coefficient (Wildman–Crippen LogP) is 3.57. The second-order valence-electron chi connectivity index (χ2n) is 5.16. The van der Waals surface area contributed by atoms with Crippen molar-refractivity contribution in [2.75, 3.05) is 0 Å². The minimum Gasteiger partial charge on any atom is -0.325 e. The molecular weight excluding hydrogens is 228 g/mol. The van der Waals surface area contributed by atoms with E-state index in [4.69, 9.17) is 5.73 Å². The van der Waals surface area contributed by atoms with E-state index in [1.54, 1.807) is 11.3 Å². The highest BCUT2D eigenvalue weighted by atomic mass is 32.1. The van der Waals surface area contributed by atoms with Gasteiger partial charge in [0.25, 0.3) is 0 Å². The molecule has 17 heavy (non-hydrogen) atoms. The molecule has 0 bridgehead atoms. The van der Waals surface area contributed by atoms with Crippen LogP contribution < -0.4 is 5.73 Å². The van der Waals surface area contributed by atoms with Crippen molar-refractivity contribution in [3.8, 4) is 11.3 Å². The summed E-state index contributed by atoms with van der Waals surface area (Å²) in [4.78, 5) is 4.48. The lowest BCUT2D eigenvalue weighted by Crippen LogP contribution is -2.10. The van der Waals surface area contributed by atoms with Crippen LogP contribution in [-0.4, -0.2) is 4.98 Å². The molecule has 0 amide bonds. The van der Waals surface area contributed by atoms with Gasteiger partial charge >= 0.3 is 0 Å². The van der Waals surface area contributed by atoms with E-state index in [0.717, 1.165) is 16.3 Å². The minimum atomic E-state index is 0.197. The van der Waals surface area contributed by atoms with Crippen LogP contribution in [0.25, 0.3) is 11.3 Å². The largest absolute Gasteiger partial charge is 0.325 e. The van der Waals surface area contributed by atoms with Crippen LogP contribution in [-0.2, 0) is 12.0 Å². The van der Waals surface area contributed by atoms with E-state index in [0.29, 0.717) is 6.54 Å². The Bertz CT molecular complexity index is 492. The van der Waals surface area contributed by atoms with Gasteiger partial charge in [0.1, 0.15) is 5.01 Å². The number of thiazole rings is 1. The average Bonchev–Trinajstić information content (AvgIpc) is 2.76. The lowest BCUT2D eigenvalue weighted by atomic mass is 9.86. The zero-order chi connectivity index (χ0) is 12.5. The highest BCUT2D eigenvalue weighted by molar-refractivity contribution is 7.09. The lowest BCUT2D eigenvalue weighted by Gasteiger charge is -2.18. The van der Waals surface area contributed by atoms with Crippen LogP contribution >= 0.6 is 11.3 Å². The topological polar surface area (TPSA) is 38.9 Å². The summed E-state index contributed by atoms with van der Waals surface area (Å²) in [6.07, 6.45) is 0. The molecule has 0 aliphatic rings. The molecule has 2 N–H and O–H groups in total. The zero-order valence-electron chi connectivity index (χ0n) is 10.5. The molecule has 0 saturated carbocycles. The third-order valence-electron chi connectivity index (χ3n) is 2.77. The number of aromatic nitrogens is 1. The third kappa shape index (κ3) is 2.73. The summed E-state index contributed by atoms with van der Waals surface area (Å²) < 4.78 is 0. The second-order valence-corrected chi connectivity index (χ2v) is 6.10. The van der Waals surface area contributed by atoms with Crippen LogP contribution in [0.2, 0.25) is 0 Å². The van der Waals surface area contributed by atoms with Crippen molar-refractivity contribution in [1.82, 2.24) is 4.98 Å². The molecule has 0 radical (unpaired) electrons. The maximum Gasteiger partial charge on any atom is 0.107 e. The summed E-state index contributed by atoms with van der Waals surface area (Å²) in [7, 11) is 0. The Labute approximate surface area is 107 Å². The first-order valence-electron chi connectivity index (χ1n) is 5.76. The van der Waals surface area contributed by atoms with Crippen LogP contribution in [0.1, 0.15) is 31.3 Å². The van der Waals surface area contributed by atoms with Crippen molar-refractivity contribution in [3.05, 3.63) is 40.2 Å². The Morgan fingerprint density at radius 2 is 1.82 bits per heavy atom. The molecule has 0 fully saturated rings. The van der Waals surface area contributed by atoms with Crippen molar-refractivity contribution in [1.29, 1.82) is 0 Å². The standard InChI is InChI=1S/C14H18N2S/c1-14(2,3)11-6-4-10(5-7-11)12-9-17-13(8-15)16-12/h4-7,9H,8,15H2,1-3H3. The third-order valence-corrected chi connectivity index (χ3v) is 3.64. The van der Waals surface area contributed by atoms with Crippen molar-refractivity contribution < 1.29 is 0 Å². The van der Waals surface area contributed by atoms with Gasteiger partial charge in [-0.2, -0.15) is 0 Å². The molecule has 2 rings (SSSR count). The summed E-state index contributed by atoms with van der Waals surface area (Å²) >= 11 is 1.62. The Morgan fingerprint density at radius 3 is 2.29 bits per heavy atom. The first kappa shape index (κ1) is 12.3. The van der Waals surface area contributed by atoms with E-state index in [-0.39, 0.29) is 5.41 Å². The molecule has 1 aromatic heterocycles. The normalized spacial score (nSPS) is 11.8. The molecule has 1 aromatic carbocycles. The SMILES string of the molecule is CC(C)(C)c1ccc(-c2csc(CN)n2)cc1. The first-order chi connectivity index (χ1) is 8.00. The Morgan fingerprint density at radius 1 is 1.18 bits per heavy atom. The summed E-state index contributed by atoms with van der Waals surface area (Å²) in [5, 5.41) is 3.05. The fourth-order valence-corrected chi connectivity index (χ4v) is 2.36. The summed E-state index contributed by atoms with van der Waals surface area (Å²) in [5.41, 5.74) is 9.30. The van der Waals surface area contributed by atoms with Gasteiger partial charge in [-0.15, -0.1) is 11.3 Å². The number of benzene rings is 1. The van der Waals surface area contributed by atoms with Gasteiger partial charge in [-0.25, -0.2) is 4.98 Å². The Hall–Kier alpha value is -1.19. The fourth-order valence-electron chi connectivity index (χ4n) is 1.68. The smallest absolute Gasteiger partial charge is 0.107 e. The van der Waals surface area contributed by atoms with Crippen LogP contribution in [0, 0.1) is 0 Å². The van der Waals surface area contributed by atoms with Crippen LogP contribution in [0.4, 0.5) is 0 Å². The number of nitrogens with zero attached hydrogens (tertiary/aromatic N) is 1. The molecule has 0 atom stereocenters. The van der Waals surface area contributed by atoms with E-state index in [2.05, 4.69) is 55.4 Å². The van der Waals surface area contributed by atoms with Gasteiger partial charge in [0.05, 0.1) is 5.69 Å². The van der Waals surface area contributed by atoms with Gasteiger partial charge in [-0.05, 0) is 11.0 Å². The number of hydrogen-bond donors (Lipinski definition) is 1. The van der Waals surface area contributed by atoms with Gasteiger partial charge in [0.15, 0.2) is 0 Å². The molecule has 2 nitrogen and oxygen atoms in total. The zero-order valence-corrected chi connectivity index (χ0v) is 11.3. The van der Waals surface area contributed by atoms with Crippen molar-refractivity contribution >= 4 is 11.3 Å². The molecular formula is C14H18N2S. The second kappa shape index (κ2) is 4.59.